The van der Waals surface area contributed by atoms with E-state index >= 15 is 0 Å². The van der Waals surface area contributed by atoms with Crippen LogP contribution in [0.15, 0.2) is 4.99 Å². The Balaban J connectivity index is 2.42. The normalized spacial score (nSPS) is 21.9. The van der Waals surface area contributed by atoms with Crippen molar-refractivity contribution in [2.75, 3.05) is 33.8 Å². The molecule has 0 unspecified atom stereocenters. The quantitative estimate of drug-likeness (QED) is 0.478. The lowest BCUT2D eigenvalue weighted by Gasteiger charge is -2.29. The molecule has 76 valence electrons. The number of ether oxygens (including phenoxy) is 1. The molecular weight excluding hydrogens is 164 g/mol. The Bertz CT molecular complexity index is 172. The molecule has 0 atom stereocenters. The molecule has 0 amide bonds. The SMILES string of the molecule is CCO/C(=N\C)C1CCN(C)CC1. The Hall–Kier alpha value is -0.570. The highest BCUT2D eigenvalue weighted by atomic mass is 16.5. The monoisotopic (exact) mass is 184 g/mol. The Morgan fingerprint density at radius 2 is 2.08 bits per heavy atom. The first-order valence-electron chi connectivity index (χ1n) is 5.06. The lowest BCUT2D eigenvalue weighted by Crippen LogP contribution is -2.34. The number of hydrogen-bond acceptors (Lipinski definition) is 3. The summed E-state index contributed by atoms with van der Waals surface area (Å²) in [5.41, 5.74) is 0. The fourth-order valence-electron chi connectivity index (χ4n) is 1.77. The average molecular weight is 184 g/mol. The van der Waals surface area contributed by atoms with Crippen molar-refractivity contribution >= 4 is 5.90 Å². The van der Waals surface area contributed by atoms with E-state index in [0.29, 0.717) is 5.92 Å². The maximum atomic E-state index is 5.50. The second-order valence-electron chi connectivity index (χ2n) is 3.57. The van der Waals surface area contributed by atoms with Crippen molar-refractivity contribution in [1.29, 1.82) is 0 Å². The minimum atomic E-state index is 0.557. The molecule has 1 saturated heterocycles. The molecule has 1 rings (SSSR count). The van der Waals surface area contributed by atoms with Crippen LogP contribution in [0.2, 0.25) is 0 Å². The molecule has 0 aromatic carbocycles. The van der Waals surface area contributed by atoms with Gasteiger partial charge in [-0.2, -0.15) is 0 Å². The van der Waals surface area contributed by atoms with Crippen molar-refractivity contribution in [2.45, 2.75) is 19.8 Å². The van der Waals surface area contributed by atoms with E-state index < -0.39 is 0 Å². The third-order valence-corrected chi connectivity index (χ3v) is 2.58. The maximum Gasteiger partial charge on any atom is 0.186 e. The van der Waals surface area contributed by atoms with Gasteiger partial charge in [0.15, 0.2) is 5.90 Å². The molecule has 0 aromatic rings. The number of piperidine rings is 1. The number of likely N-dealkylation sites (tertiary alicyclic amines) is 1. The molecule has 13 heavy (non-hydrogen) atoms. The average Bonchev–Trinajstić information content (AvgIpc) is 2.16. The Morgan fingerprint density at radius 1 is 1.46 bits per heavy atom. The van der Waals surface area contributed by atoms with Crippen LogP contribution in [0.3, 0.4) is 0 Å². The lowest BCUT2D eigenvalue weighted by atomic mass is 9.97. The highest BCUT2D eigenvalue weighted by Crippen LogP contribution is 2.18. The summed E-state index contributed by atoms with van der Waals surface area (Å²) in [7, 11) is 3.99. The van der Waals surface area contributed by atoms with Crippen LogP contribution in [0, 0.1) is 5.92 Å². The van der Waals surface area contributed by atoms with Crippen molar-refractivity contribution in [3.8, 4) is 0 Å². The first-order chi connectivity index (χ1) is 6.27. The number of aliphatic imine (C=N–C) groups is 1. The highest BCUT2D eigenvalue weighted by Gasteiger charge is 2.21. The van der Waals surface area contributed by atoms with E-state index in [2.05, 4.69) is 16.9 Å². The van der Waals surface area contributed by atoms with Crippen LogP contribution in [0.1, 0.15) is 19.8 Å². The maximum absolute atomic E-state index is 5.50. The van der Waals surface area contributed by atoms with Gasteiger partial charge in [-0.1, -0.05) is 0 Å². The van der Waals surface area contributed by atoms with Gasteiger partial charge in [-0.25, -0.2) is 0 Å². The molecule has 0 N–H and O–H groups in total. The molecule has 1 fully saturated rings. The van der Waals surface area contributed by atoms with Gasteiger partial charge in [0.2, 0.25) is 0 Å². The van der Waals surface area contributed by atoms with Crippen LogP contribution in [0.4, 0.5) is 0 Å². The summed E-state index contributed by atoms with van der Waals surface area (Å²) in [5, 5.41) is 0. The predicted octanol–water partition coefficient (Wildman–Crippen LogP) is 1.39. The van der Waals surface area contributed by atoms with Gasteiger partial charge >= 0.3 is 0 Å². The number of nitrogens with zero attached hydrogens (tertiary/aromatic N) is 2. The molecule has 0 aromatic heterocycles. The first kappa shape index (κ1) is 10.5. The topological polar surface area (TPSA) is 24.8 Å². The third kappa shape index (κ3) is 2.99. The molecule has 1 aliphatic rings. The van der Waals surface area contributed by atoms with Crippen molar-refractivity contribution in [3.05, 3.63) is 0 Å². The lowest BCUT2D eigenvalue weighted by molar-refractivity contribution is 0.220. The van der Waals surface area contributed by atoms with E-state index in [1.54, 1.807) is 0 Å². The standard InChI is InChI=1S/C10H20N2O/c1-4-13-10(11-2)9-5-7-12(3)8-6-9/h9H,4-8H2,1-3H3/b11-10-. The minimum absolute atomic E-state index is 0.557. The number of hydrogen-bond donors (Lipinski definition) is 0. The van der Waals surface area contributed by atoms with E-state index in [-0.39, 0.29) is 0 Å². The molecule has 0 radical (unpaired) electrons. The Kier molecular flexibility index (Phi) is 4.22. The zero-order valence-electron chi connectivity index (χ0n) is 8.92. The molecule has 1 heterocycles. The first-order valence-corrected chi connectivity index (χ1v) is 5.06. The summed E-state index contributed by atoms with van der Waals surface area (Å²) in [6, 6.07) is 0. The summed E-state index contributed by atoms with van der Waals surface area (Å²) in [4.78, 5) is 6.56. The van der Waals surface area contributed by atoms with Gasteiger partial charge in [0.1, 0.15) is 0 Å². The van der Waals surface area contributed by atoms with Crippen molar-refractivity contribution in [3.63, 3.8) is 0 Å². The molecule has 3 heteroatoms. The summed E-state index contributed by atoms with van der Waals surface area (Å²) >= 11 is 0. The highest BCUT2D eigenvalue weighted by molar-refractivity contribution is 5.78. The molecular formula is C10H20N2O. The second kappa shape index (κ2) is 5.22. The molecule has 0 aliphatic carbocycles. The van der Waals surface area contributed by atoms with Crippen LogP contribution in [-0.2, 0) is 4.74 Å². The van der Waals surface area contributed by atoms with Crippen LogP contribution in [-0.4, -0.2) is 44.6 Å². The Morgan fingerprint density at radius 3 is 2.54 bits per heavy atom. The van der Waals surface area contributed by atoms with Crippen molar-refractivity contribution < 1.29 is 4.74 Å². The summed E-state index contributed by atoms with van der Waals surface area (Å²) in [5.74, 6) is 1.51. The third-order valence-electron chi connectivity index (χ3n) is 2.58. The van der Waals surface area contributed by atoms with E-state index in [1.165, 1.54) is 12.8 Å². The predicted molar refractivity (Wildman–Crippen MR) is 55.2 cm³/mol. The van der Waals surface area contributed by atoms with Gasteiger partial charge in [-0.3, -0.25) is 4.99 Å². The van der Waals surface area contributed by atoms with Gasteiger partial charge in [0.25, 0.3) is 0 Å². The van der Waals surface area contributed by atoms with Gasteiger partial charge in [-0.15, -0.1) is 0 Å². The summed E-state index contributed by atoms with van der Waals surface area (Å²) in [6.07, 6.45) is 2.37. The summed E-state index contributed by atoms with van der Waals surface area (Å²) in [6.45, 7) is 5.08. The van der Waals surface area contributed by atoms with Crippen LogP contribution < -0.4 is 0 Å². The fraction of sp³-hybridized carbons (Fsp3) is 0.900. The van der Waals surface area contributed by atoms with Gasteiger partial charge < -0.3 is 9.64 Å². The van der Waals surface area contributed by atoms with Gasteiger partial charge in [-0.05, 0) is 39.9 Å². The Labute approximate surface area is 80.8 Å². The molecule has 1 aliphatic heterocycles. The van der Waals surface area contributed by atoms with E-state index in [1.807, 2.05) is 14.0 Å². The largest absolute Gasteiger partial charge is 0.481 e. The van der Waals surface area contributed by atoms with E-state index in [0.717, 1.165) is 25.6 Å². The second-order valence-corrected chi connectivity index (χ2v) is 3.57. The zero-order chi connectivity index (χ0) is 9.68. The van der Waals surface area contributed by atoms with Crippen molar-refractivity contribution in [2.24, 2.45) is 10.9 Å². The van der Waals surface area contributed by atoms with Crippen LogP contribution in [0.25, 0.3) is 0 Å². The number of rotatable bonds is 2. The summed E-state index contributed by atoms with van der Waals surface area (Å²) < 4.78 is 5.50. The van der Waals surface area contributed by atoms with Crippen LogP contribution in [0.5, 0.6) is 0 Å². The molecule has 0 bridgehead atoms. The van der Waals surface area contributed by atoms with Gasteiger partial charge in [0, 0.05) is 13.0 Å². The smallest absolute Gasteiger partial charge is 0.186 e. The van der Waals surface area contributed by atoms with Crippen molar-refractivity contribution in [1.82, 2.24) is 4.90 Å². The zero-order valence-corrected chi connectivity index (χ0v) is 8.92. The molecule has 0 saturated carbocycles. The van der Waals surface area contributed by atoms with Crippen LogP contribution >= 0.6 is 0 Å². The minimum Gasteiger partial charge on any atom is -0.481 e. The molecule has 0 spiro atoms. The van der Waals surface area contributed by atoms with E-state index in [4.69, 9.17) is 4.74 Å². The van der Waals surface area contributed by atoms with E-state index in [9.17, 15) is 0 Å². The molecule has 3 nitrogen and oxygen atoms in total. The van der Waals surface area contributed by atoms with Gasteiger partial charge in [0.05, 0.1) is 6.61 Å². The fourth-order valence-corrected chi connectivity index (χ4v) is 1.77.